The van der Waals surface area contributed by atoms with E-state index in [1.165, 1.54) is 18.3 Å². The van der Waals surface area contributed by atoms with Crippen LogP contribution in [0.1, 0.15) is 57.9 Å². The molecule has 4 atom stereocenters. The fourth-order valence-electron chi connectivity index (χ4n) is 5.80. The summed E-state index contributed by atoms with van der Waals surface area (Å²) >= 11 is 0. The van der Waals surface area contributed by atoms with Gasteiger partial charge in [0, 0.05) is 5.92 Å². The number of rotatable bonds is 7. The van der Waals surface area contributed by atoms with Crippen LogP contribution in [0.15, 0.2) is 41.0 Å². The molecule has 1 aromatic rings. The number of phenolic OH excluding ortho intramolecular Hbond substituents is 1. The Hall–Kier alpha value is -2.93. The summed E-state index contributed by atoms with van der Waals surface area (Å²) in [5, 5.41) is 9.54. The molecule has 2 heterocycles. The predicted octanol–water partition coefficient (Wildman–Crippen LogP) is 4.85. The third-order valence-electron chi connectivity index (χ3n) is 7.35. The second kappa shape index (κ2) is 10.1. The minimum absolute atomic E-state index is 0.0870. The summed E-state index contributed by atoms with van der Waals surface area (Å²) in [7, 11) is 1.18. The van der Waals surface area contributed by atoms with Crippen LogP contribution in [-0.2, 0) is 19.1 Å². The number of methoxy groups -OCH3 is 1. The lowest BCUT2D eigenvalue weighted by Gasteiger charge is -2.31. The Morgan fingerprint density at radius 1 is 1.15 bits per heavy atom. The number of benzene rings is 1. The number of aromatic hydroxyl groups is 1. The molecule has 2 saturated heterocycles. The molecule has 3 aliphatic rings. The van der Waals surface area contributed by atoms with Crippen LogP contribution in [0.25, 0.3) is 6.08 Å². The van der Waals surface area contributed by atoms with Gasteiger partial charge in [-0.3, -0.25) is 9.59 Å². The van der Waals surface area contributed by atoms with Crippen molar-refractivity contribution in [3.8, 4) is 5.75 Å². The summed E-state index contributed by atoms with van der Waals surface area (Å²) in [4.78, 5) is 38.7. The number of ether oxygens (including phenoxy) is 2. The summed E-state index contributed by atoms with van der Waals surface area (Å²) in [6.07, 6.45) is 6.15. The monoisotopic (exact) mass is 467 g/mol. The number of hydrogen-bond donors (Lipinski definition) is 1. The molecule has 0 unspecified atom stereocenters. The van der Waals surface area contributed by atoms with Crippen LogP contribution in [0.2, 0.25) is 0 Å². The lowest BCUT2D eigenvalue weighted by Crippen LogP contribution is -2.38. The van der Waals surface area contributed by atoms with E-state index in [0.29, 0.717) is 17.9 Å². The molecular weight excluding hydrogens is 434 g/mol. The third kappa shape index (κ3) is 4.41. The van der Waals surface area contributed by atoms with Crippen molar-refractivity contribution in [3.05, 3.63) is 46.5 Å². The lowest BCUT2D eigenvalue weighted by atomic mass is 9.69. The van der Waals surface area contributed by atoms with Crippen molar-refractivity contribution >= 4 is 24.0 Å². The molecule has 0 saturated carbocycles. The molecule has 1 aliphatic carbocycles. The van der Waals surface area contributed by atoms with E-state index in [0.717, 1.165) is 43.2 Å². The van der Waals surface area contributed by atoms with Crippen LogP contribution in [-0.4, -0.2) is 47.7 Å². The molecule has 3 amide bonds. The molecule has 7 nitrogen and oxygen atoms in total. The molecule has 2 aliphatic heterocycles. The van der Waals surface area contributed by atoms with Gasteiger partial charge in [-0.05, 0) is 55.4 Å². The highest BCUT2D eigenvalue weighted by molar-refractivity contribution is 6.16. The number of hydrogen-bond acceptors (Lipinski definition) is 6. The number of amides is 3. The zero-order valence-corrected chi connectivity index (χ0v) is 20.1. The maximum atomic E-state index is 13.1. The van der Waals surface area contributed by atoms with Crippen LogP contribution < -0.4 is 0 Å². The Labute approximate surface area is 200 Å². The van der Waals surface area contributed by atoms with Gasteiger partial charge in [-0.1, -0.05) is 49.6 Å². The van der Waals surface area contributed by atoms with Gasteiger partial charge in [0.1, 0.15) is 5.75 Å². The van der Waals surface area contributed by atoms with Crippen molar-refractivity contribution in [2.75, 3.05) is 13.7 Å². The lowest BCUT2D eigenvalue weighted by molar-refractivity contribution is -0.137. The molecule has 0 bridgehead atoms. The Balaban J connectivity index is 1.54. The highest BCUT2D eigenvalue weighted by atomic mass is 16.5. The van der Waals surface area contributed by atoms with E-state index < -0.39 is 29.7 Å². The van der Waals surface area contributed by atoms with Gasteiger partial charge in [-0.15, -0.1) is 0 Å². The summed E-state index contributed by atoms with van der Waals surface area (Å²) in [6.45, 7) is 4.62. The smallest absolute Gasteiger partial charge is 0.423 e. The van der Waals surface area contributed by atoms with Crippen LogP contribution in [0, 0.1) is 17.8 Å². The first-order valence-electron chi connectivity index (χ1n) is 12.2. The zero-order chi connectivity index (χ0) is 24.4. The minimum atomic E-state index is -0.900. The molecule has 0 spiro atoms. The summed E-state index contributed by atoms with van der Waals surface area (Å²) in [5.74, 6) is -1.88. The van der Waals surface area contributed by atoms with E-state index in [4.69, 9.17) is 9.47 Å². The third-order valence-corrected chi connectivity index (χ3v) is 7.35. The fraction of sp³-hybridized carbons (Fsp3) is 0.519. The second-order valence-corrected chi connectivity index (χ2v) is 9.34. The van der Waals surface area contributed by atoms with Gasteiger partial charge in [-0.2, -0.15) is 4.90 Å². The molecule has 7 heteroatoms. The topological polar surface area (TPSA) is 93.1 Å². The van der Waals surface area contributed by atoms with Crippen molar-refractivity contribution in [1.29, 1.82) is 0 Å². The Bertz CT molecular complexity index is 1020. The molecule has 34 heavy (non-hydrogen) atoms. The maximum absolute atomic E-state index is 13.1. The number of nitrogens with zero attached hydrogens (tertiary/aromatic N) is 1. The average molecular weight is 468 g/mol. The van der Waals surface area contributed by atoms with E-state index >= 15 is 0 Å². The van der Waals surface area contributed by atoms with Gasteiger partial charge in [0.25, 0.3) is 0 Å². The van der Waals surface area contributed by atoms with Gasteiger partial charge < -0.3 is 14.6 Å². The SMILES string of the molecule is CCC/C(=C\c1ccc(O)cc1)CC[C@H]1OC[C@H]2C1=C(CC)C[C@H]1C(=O)N(C(=O)OC)C(=O)[C@H]12. The molecule has 4 rings (SSSR count). The first kappa shape index (κ1) is 24.2. The Morgan fingerprint density at radius 3 is 2.53 bits per heavy atom. The Morgan fingerprint density at radius 2 is 1.88 bits per heavy atom. The summed E-state index contributed by atoms with van der Waals surface area (Å²) in [6, 6.07) is 7.19. The summed E-state index contributed by atoms with van der Waals surface area (Å²) < 4.78 is 10.9. The van der Waals surface area contributed by atoms with Crippen molar-refractivity contribution < 1.29 is 29.0 Å². The standard InChI is InChI=1S/C27H33NO6/c1-4-6-16(13-17-7-10-19(29)11-8-17)9-12-22-23-18(5-2)14-20-24(21(23)15-34-22)26(31)28(25(20)30)27(32)33-3/h7-8,10-11,13,20-22,24,29H,4-6,9,12,14-15H2,1-3H3/b16-13+/t20-,21+,22-,24-/m1/s1. The number of phenols is 1. The van der Waals surface area contributed by atoms with Crippen molar-refractivity contribution in [2.24, 2.45) is 17.8 Å². The fourth-order valence-corrected chi connectivity index (χ4v) is 5.80. The highest BCUT2D eigenvalue weighted by Gasteiger charge is 2.58. The first-order valence-corrected chi connectivity index (χ1v) is 12.2. The molecule has 0 aromatic heterocycles. The van der Waals surface area contributed by atoms with Crippen LogP contribution in [0.5, 0.6) is 5.75 Å². The quantitative estimate of drug-likeness (QED) is 0.455. The van der Waals surface area contributed by atoms with Crippen molar-refractivity contribution in [1.82, 2.24) is 4.90 Å². The molecule has 1 aromatic carbocycles. The van der Waals surface area contributed by atoms with Gasteiger partial charge in [0.15, 0.2) is 0 Å². The highest BCUT2D eigenvalue weighted by Crippen LogP contribution is 2.50. The number of carbonyl (C=O) groups excluding carboxylic acids is 3. The van der Waals surface area contributed by atoms with E-state index in [1.54, 1.807) is 12.1 Å². The normalized spacial score (nSPS) is 26.7. The van der Waals surface area contributed by atoms with Gasteiger partial charge in [-0.25, -0.2) is 4.79 Å². The van der Waals surface area contributed by atoms with E-state index in [-0.39, 0.29) is 17.8 Å². The molecule has 1 N–H and O–H groups in total. The minimum Gasteiger partial charge on any atom is -0.508 e. The van der Waals surface area contributed by atoms with E-state index in [2.05, 4.69) is 19.9 Å². The largest absolute Gasteiger partial charge is 0.508 e. The Kier molecular flexibility index (Phi) is 7.22. The number of carbonyl (C=O) groups is 3. The van der Waals surface area contributed by atoms with Gasteiger partial charge in [0.2, 0.25) is 11.8 Å². The molecule has 0 radical (unpaired) electrons. The van der Waals surface area contributed by atoms with E-state index in [9.17, 15) is 19.5 Å². The van der Waals surface area contributed by atoms with Gasteiger partial charge >= 0.3 is 6.09 Å². The summed E-state index contributed by atoms with van der Waals surface area (Å²) in [5.41, 5.74) is 4.72. The second-order valence-electron chi connectivity index (χ2n) is 9.34. The first-order chi connectivity index (χ1) is 16.4. The van der Waals surface area contributed by atoms with Crippen molar-refractivity contribution in [2.45, 2.75) is 58.5 Å². The van der Waals surface area contributed by atoms with Crippen LogP contribution >= 0.6 is 0 Å². The van der Waals surface area contributed by atoms with Crippen LogP contribution in [0.4, 0.5) is 4.79 Å². The molecule has 182 valence electrons. The predicted molar refractivity (Wildman–Crippen MR) is 127 cm³/mol. The molecule has 2 fully saturated rings. The number of fused-ring (bicyclic) bond motifs is 3. The average Bonchev–Trinajstić information content (AvgIpc) is 3.36. The zero-order valence-electron chi connectivity index (χ0n) is 20.1. The van der Waals surface area contributed by atoms with Crippen molar-refractivity contribution in [3.63, 3.8) is 0 Å². The van der Waals surface area contributed by atoms with Gasteiger partial charge in [0.05, 0.1) is 31.7 Å². The number of allylic oxidation sites excluding steroid dienone is 2. The van der Waals surface area contributed by atoms with Crippen LogP contribution in [0.3, 0.4) is 0 Å². The molecular formula is C27H33NO6. The van der Waals surface area contributed by atoms with E-state index in [1.807, 2.05) is 12.1 Å². The number of imide groups is 3. The number of likely N-dealkylation sites (tertiary alicyclic amines) is 1. The maximum Gasteiger partial charge on any atom is 0.423 e.